The van der Waals surface area contributed by atoms with Gasteiger partial charge >= 0.3 is 0 Å². The van der Waals surface area contributed by atoms with Gasteiger partial charge < -0.3 is 0 Å². The molecule has 1 aliphatic carbocycles. The van der Waals surface area contributed by atoms with Crippen molar-refractivity contribution in [2.24, 2.45) is 0 Å². The van der Waals surface area contributed by atoms with Crippen molar-refractivity contribution in [1.29, 1.82) is 0 Å². The number of nitrogens with zero attached hydrogens (tertiary/aromatic N) is 1. The van der Waals surface area contributed by atoms with E-state index in [1.807, 2.05) is 5.51 Å². The fourth-order valence-electron chi connectivity index (χ4n) is 1.35. The first-order valence-electron chi connectivity index (χ1n) is 3.30. The van der Waals surface area contributed by atoms with Crippen LogP contribution in [0.3, 0.4) is 0 Å². The smallest absolute Gasteiger partial charge is 0.0797 e. The highest BCUT2D eigenvalue weighted by atomic mass is 32.1. The van der Waals surface area contributed by atoms with Gasteiger partial charge in [-0.1, -0.05) is 6.92 Å². The molecule has 0 saturated heterocycles. The van der Waals surface area contributed by atoms with Gasteiger partial charge in [0.15, 0.2) is 0 Å². The summed E-state index contributed by atoms with van der Waals surface area (Å²) in [7, 11) is 0. The minimum Gasteiger partial charge on any atom is -0.249 e. The zero-order chi connectivity index (χ0) is 6.27. The number of aromatic nitrogens is 1. The van der Waals surface area contributed by atoms with E-state index in [1.54, 1.807) is 11.3 Å². The van der Waals surface area contributed by atoms with Crippen LogP contribution in [0.4, 0.5) is 0 Å². The van der Waals surface area contributed by atoms with Crippen molar-refractivity contribution in [3.05, 3.63) is 16.1 Å². The van der Waals surface area contributed by atoms with Crippen molar-refractivity contribution in [3.8, 4) is 0 Å². The minimum atomic E-state index is 0.728. The lowest BCUT2D eigenvalue weighted by molar-refractivity contribution is 0.731. The Bertz CT molecular complexity index is 216. The van der Waals surface area contributed by atoms with E-state index < -0.39 is 0 Å². The van der Waals surface area contributed by atoms with Crippen molar-refractivity contribution >= 4 is 11.3 Å². The topological polar surface area (TPSA) is 12.9 Å². The number of hydrogen-bond donors (Lipinski definition) is 0. The Morgan fingerprint density at radius 1 is 1.78 bits per heavy atom. The molecule has 48 valence electrons. The molecule has 1 unspecified atom stereocenters. The number of aryl methyl sites for hydroxylation is 1. The van der Waals surface area contributed by atoms with Crippen LogP contribution in [0, 0.1) is 0 Å². The Balaban J connectivity index is 2.49. The van der Waals surface area contributed by atoms with Crippen LogP contribution in [-0.4, -0.2) is 4.98 Å². The molecule has 0 fully saturated rings. The summed E-state index contributed by atoms with van der Waals surface area (Å²) in [5.74, 6) is 0.728. The van der Waals surface area contributed by atoms with Crippen molar-refractivity contribution < 1.29 is 0 Å². The van der Waals surface area contributed by atoms with E-state index in [9.17, 15) is 0 Å². The van der Waals surface area contributed by atoms with Crippen molar-refractivity contribution in [3.63, 3.8) is 0 Å². The van der Waals surface area contributed by atoms with Gasteiger partial charge in [-0.3, -0.25) is 0 Å². The summed E-state index contributed by atoms with van der Waals surface area (Å²) in [6.07, 6.45) is 2.58. The number of hydrogen-bond acceptors (Lipinski definition) is 2. The first-order valence-corrected chi connectivity index (χ1v) is 4.18. The van der Waals surface area contributed by atoms with E-state index in [1.165, 1.54) is 23.4 Å². The van der Waals surface area contributed by atoms with Crippen LogP contribution >= 0.6 is 11.3 Å². The third-order valence-electron chi connectivity index (χ3n) is 1.94. The highest BCUT2D eigenvalue weighted by Crippen LogP contribution is 2.33. The summed E-state index contributed by atoms with van der Waals surface area (Å²) in [5, 5.41) is 0. The van der Waals surface area contributed by atoms with Crippen LogP contribution in [-0.2, 0) is 6.42 Å². The Labute approximate surface area is 58.7 Å². The van der Waals surface area contributed by atoms with Gasteiger partial charge in [0.25, 0.3) is 0 Å². The normalized spacial score (nSPS) is 24.3. The summed E-state index contributed by atoms with van der Waals surface area (Å²) in [4.78, 5) is 5.81. The van der Waals surface area contributed by atoms with Crippen molar-refractivity contribution in [2.45, 2.75) is 25.7 Å². The standard InChI is InChI=1S/C7H9NS/c1-5-2-3-6-7(5)8-4-9-6/h4-5H,2-3H2,1H3. The van der Waals surface area contributed by atoms with E-state index in [4.69, 9.17) is 0 Å². The maximum atomic E-state index is 4.30. The quantitative estimate of drug-likeness (QED) is 0.537. The number of thiazole rings is 1. The fourth-order valence-corrected chi connectivity index (χ4v) is 2.26. The molecule has 0 spiro atoms. The van der Waals surface area contributed by atoms with Gasteiger partial charge in [-0.15, -0.1) is 11.3 Å². The molecule has 1 heterocycles. The van der Waals surface area contributed by atoms with Crippen molar-refractivity contribution in [2.75, 3.05) is 0 Å². The molecule has 0 aliphatic heterocycles. The Kier molecular flexibility index (Phi) is 1.09. The number of rotatable bonds is 0. The van der Waals surface area contributed by atoms with Gasteiger partial charge in [0.1, 0.15) is 0 Å². The van der Waals surface area contributed by atoms with Crippen LogP contribution in [0.15, 0.2) is 5.51 Å². The molecular weight excluding hydrogens is 130 g/mol. The zero-order valence-electron chi connectivity index (χ0n) is 5.42. The molecule has 0 saturated carbocycles. The van der Waals surface area contributed by atoms with E-state index in [0.717, 1.165) is 5.92 Å². The first-order chi connectivity index (χ1) is 4.38. The lowest BCUT2D eigenvalue weighted by Gasteiger charge is -1.94. The minimum absolute atomic E-state index is 0.728. The van der Waals surface area contributed by atoms with Crippen LogP contribution in [0.1, 0.15) is 29.8 Å². The monoisotopic (exact) mass is 139 g/mol. The van der Waals surface area contributed by atoms with Crippen LogP contribution in [0.5, 0.6) is 0 Å². The Hall–Kier alpha value is -0.370. The van der Waals surface area contributed by atoms with E-state index in [2.05, 4.69) is 11.9 Å². The predicted molar refractivity (Wildman–Crippen MR) is 38.9 cm³/mol. The van der Waals surface area contributed by atoms with Crippen LogP contribution in [0.2, 0.25) is 0 Å². The molecule has 0 N–H and O–H groups in total. The molecule has 1 atom stereocenters. The van der Waals surface area contributed by atoms with E-state index in [0.29, 0.717) is 0 Å². The molecule has 0 radical (unpaired) electrons. The summed E-state index contributed by atoms with van der Waals surface area (Å²) >= 11 is 1.80. The summed E-state index contributed by atoms with van der Waals surface area (Å²) in [5.41, 5.74) is 3.32. The third-order valence-corrected chi connectivity index (χ3v) is 2.85. The molecule has 2 rings (SSSR count). The highest BCUT2D eigenvalue weighted by molar-refractivity contribution is 7.09. The average Bonchev–Trinajstić information content (AvgIpc) is 2.35. The van der Waals surface area contributed by atoms with Crippen LogP contribution in [0.25, 0.3) is 0 Å². The molecule has 0 bridgehead atoms. The molecule has 0 aromatic carbocycles. The second kappa shape index (κ2) is 1.81. The second-order valence-electron chi connectivity index (χ2n) is 2.60. The van der Waals surface area contributed by atoms with Crippen molar-refractivity contribution in [1.82, 2.24) is 4.98 Å². The SMILES string of the molecule is CC1CCc2scnc21. The molecule has 1 nitrogen and oxygen atoms in total. The van der Waals surface area contributed by atoms with E-state index in [-0.39, 0.29) is 0 Å². The molecule has 1 aliphatic rings. The van der Waals surface area contributed by atoms with Gasteiger partial charge in [0.2, 0.25) is 0 Å². The van der Waals surface area contributed by atoms with E-state index >= 15 is 0 Å². The Morgan fingerprint density at radius 2 is 2.67 bits per heavy atom. The fraction of sp³-hybridized carbons (Fsp3) is 0.571. The van der Waals surface area contributed by atoms with Gasteiger partial charge in [0, 0.05) is 4.88 Å². The molecule has 2 heteroatoms. The van der Waals surface area contributed by atoms with Gasteiger partial charge in [-0.05, 0) is 18.8 Å². The zero-order valence-corrected chi connectivity index (χ0v) is 6.24. The summed E-state index contributed by atoms with van der Waals surface area (Å²) in [6, 6.07) is 0. The summed E-state index contributed by atoms with van der Waals surface area (Å²) < 4.78 is 0. The molecule has 1 aromatic rings. The lowest BCUT2D eigenvalue weighted by Crippen LogP contribution is -1.84. The molecule has 9 heavy (non-hydrogen) atoms. The maximum absolute atomic E-state index is 4.30. The first kappa shape index (κ1) is 5.42. The molecular formula is C7H9NS. The van der Waals surface area contributed by atoms with Crippen LogP contribution < -0.4 is 0 Å². The maximum Gasteiger partial charge on any atom is 0.0797 e. The number of fused-ring (bicyclic) bond motifs is 1. The summed E-state index contributed by atoms with van der Waals surface area (Å²) in [6.45, 7) is 2.26. The largest absolute Gasteiger partial charge is 0.249 e. The lowest BCUT2D eigenvalue weighted by atomic mass is 10.1. The Morgan fingerprint density at radius 3 is 3.44 bits per heavy atom. The van der Waals surface area contributed by atoms with Gasteiger partial charge in [0.05, 0.1) is 11.2 Å². The highest BCUT2D eigenvalue weighted by Gasteiger charge is 2.20. The molecule has 1 aromatic heterocycles. The predicted octanol–water partition coefficient (Wildman–Crippen LogP) is 2.19. The third kappa shape index (κ3) is 0.697. The van der Waals surface area contributed by atoms with Gasteiger partial charge in [-0.25, -0.2) is 4.98 Å². The van der Waals surface area contributed by atoms with Gasteiger partial charge in [-0.2, -0.15) is 0 Å². The average molecular weight is 139 g/mol. The second-order valence-corrected chi connectivity index (χ2v) is 3.54. The molecule has 0 amide bonds.